The van der Waals surface area contributed by atoms with Crippen LogP contribution in [0.1, 0.15) is 39.5 Å². The summed E-state index contributed by atoms with van der Waals surface area (Å²) in [6.07, 6.45) is 3.75. The molecule has 27 heavy (non-hydrogen) atoms. The quantitative estimate of drug-likeness (QED) is 0.757. The van der Waals surface area contributed by atoms with E-state index in [0.717, 1.165) is 23.4 Å². The second-order valence-electron chi connectivity index (χ2n) is 6.62. The van der Waals surface area contributed by atoms with Gasteiger partial charge in [-0.25, -0.2) is 9.37 Å². The molecule has 1 aliphatic heterocycles. The van der Waals surface area contributed by atoms with E-state index in [2.05, 4.69) is 10.3 Å². The number of nitrogens with one attached hydrogen (secondary N) is 1. The molecule has 1 aromatic carbocycles. The molecule has 0 spiro atoms. The normalized spacial score (nSPS) is 16.0. The summed E-state index contributed by atoms with van der Waals surface area (Å²) in [6, 6.07) is 5.90. The van der Waals surface area contributed by atoms with E-state index in [0.29, 0.717) is 24.5 Å². The molecule has 0 saturated carbocycles. The van der Waals surface area contributed by atoms with Crippen molar-refractivity contribution >= 4 is 23.2 Å². The minimum atomic E-state index is -0.437. The monoisotopic (exact) mass is 391 g/mol. The predicted octanol–water partition coefficient (Wildman–Crippen LogP) is 2.27. The van der Waals surface area contributed by atoms with Crippen LogP contribution in [-0.4, -0.2) is 36.1 Å². The van der Waals surface area contributed by atoms with Gasteiger partial charge in [-0.1, -0.05) is 12.1 Å². The van der Waals surface area contributed by atoms with Gasteiger partial charge in [-0.2, -0.15) is 0 Å². The summed E-state index contributed by atoms with van der Waals surface area (Å²) in [5.74, 6) is -0.808. The van der Waals surface area contributed by atoms with Gasteiger partial charge in [0.05, 0.1) is 11.2 Å². The average Bonchev–Trinajstić information content (AvgIpc) is 3.12. The van der Waals surface area contributed by atoms with Gasteiger partial charge in [0, 0.05) is 32.1 Å². The lowest BCUT2D eigenvalue weighted by Crippen LogP contribution is -2.44. The molecular weight excluding hydrogens is 369 g/mol. The van der Waals surface area contributed by atoms with Crippen molar-refractivity contribution < 1.29 is 18.7 Å². The lowest BCUT2D eigenvalue weighted by Gasteiger charge is -2.30. The van der Waals surface area contributed by atoms with Gasteiger partial charge >= 0.3 is 0 Å². The second kappa shape index (κ2) is 9.05. The zero-order valence-corrected chi connectivity index (χ0v) is 15.6. The summed E-state index contributed by atoms with van der Waals surface area (Å²) in [6.45, 7) is 1.25. The van der Waals surface area contributed by atoms with Gasteiger partial charge in [0.2, 0.25) is 5.91 Å². The molecular formula is C19H22FN3O3S. The number of rotatable bonds is 7. The maximum Gasteiger partial charge on any atom is 0.263 e. The van der Waals surface area contributed by atoms with Crippen LogP contribution in [0.2, 0.25) is 0 Å². The van der Waals surface area contributed by atoms with Crippen LogP contribution in [-0.2, 0) is 16.0 Å². The number of amides is 2. The first kappa shape index (κ1) is 19.4. The highest BCUT2D eigenvalue weighted by Gasteiger charge is 2.27. The maximum atomic E-state index is 13.0. The molecule has 0 bridgehead atoms. The molecule has 1 unspecified atom stereocenters. The van der Waals surface area contributed by atoms with E-state index in [9.17, 15) is 14.0 Å². The Labute approximate surface area is 160 Å². The molecule has 1 aromatic heterocycles. The number of primary amides is 1. The van der Waals surface area contributed by atoms with Crippen LogP contribution in [0.3, 0.4) is 0 Å². The van der Waals surface area contributed by atoms with Crippen molar-refractivity contribution in [1.82, 2.24) is 10.3 Å². The van der Waals surface area contributed by atoms with Gasteiger partial charge in [0.15, 0.2) is 0 Å². The fourth-order valence-corrected chi connectivity index (χ4v) is 4.04. The summed E-state index contributed by atoms with van der Waals surface area (Å²) in [5.41, 5.74) is 6.28. The number of carbonyl (C=O) groups is 2. The SMILES string of the molecule is NC(=O)CC(NC(=O)c1cnc(Cc2ccc(F)cc2)s1)C1CCOCC1. The number of aromatic nitrogens is 1. The Hall–Kier alpha value is -2.32. The Bertz CT molecular complexity index is 788. The largest absolute Gasteiger partial charge is 0.381 e. The van der Waals surface area contributed by atoms with Crippen molar-refractivity contribution in [2.45, 2.75) is 31.7 Å². The number of thiazole rings is 1. The third kappa shape index (κ3) is 5.58. The van der Waals surface area contributed by atoms with Gasteiger partial charge in [0.25, 0.3) is 5.91 Å². The van der Waals surface area contributed by atoms with Crippen LogP contribution in [0.15, 0.2) is 30.5 Å². The van der Waals surface area contributed by atoms with Crippen LogP contribution >= 0.6 is 11.3 Å². The number of hydrogen-bond acceptors (Lipinski definition) is 5. The highest BCUT2D eigenvalue weighted by molar-refractivity contribution is 7.13. The highest BCUT2D eigenvalue weighted by atomic mass is 32.1. The minimum absolute atomic E-state index is 0.109. The van der Waals surface area contributed by atoms with E-state index in [1.54, 1.807) is 12.1 Å². The molecule has 1 atom stereocenters. The van der Waals surface area contributed by atoms with Crippen molar-refractivity contribution in [3.63, 3.8) is 0 Å². The first-order chi connectivity index (χ1) is 13.0. The third-order valence-electron chi connectivity index (χ3n) is 4.62. The van der Waals surface area contributed by atoms with Crippen molar-refractivity contribution in [1.29, 1.82) is 0 Å². The zero-order valence-electron chi connectivity index (χ0n) is 14.8. The number of hydrogen-bond donors (Lipinski definition) is 2. The van der Waals surface area contributed by atoms with Gasteiger partial charge in [-0.3, -0.25) is 9.59 Å². The molecule has 0 aliphatic carbocycles. The standard InChI is InChI=1S/C19H22FN3O3S/c20-14-3-1-12(2-4-14)9-18-22-11-16(27-18)19(25)23-15(10-17(21)24)13-5-7-26-8-6-13/h1-4,11,13,15H,5-10H2,(H2,21,24)(H,23,25). The number of benzene rings is 1. The van der Waals surface area contributed by atoms with Crippen molar-refractivity contribution in [3.05, 3.63) is 51.7 Å². The summed E-state index contributed by atoms with van der Waals surface area (Å²) < 4.78 is 18.3. The van der Waals surface area contributed by atoms with Crippen LogP contribution in [0, 0.1) is 11.7 Å². The third-order valence-corrected chi connectivity index (χ3v) is 5.61. The molecule has 6 nitrogen and oxygen atoms in total. The summed E-state index contributed by atoms with van der Waals surface area (Å²) in [4.78, 5) is 28.8. The Morgan fingerprint density at radius 1 is 1.30 bits per heavy atom. The van der Waals surface area contributed by atoms with E-state index >= 15 is 0 Å². The zero-order chi connectivity index (χ0) is 19.2. The molecule has 3 rings (SSSR count). The number of halogens is 1. The van der Waals surface area contributed by atoms with Crippen LogP contribution < -0.4 is 11.1 Å². The van der Waals surface area contributed by atoms with Crippen molar-refractivity contribution in [3.8, 4) is 0 Å². The molecule has 3 N–H and O–H groups in total. The van der Waals surface area contributed by atoms with Gasteiger partial charge in [0.1, 0.15) is 10.7 Å². The summed E-state index contributed by atoms with van der Waals surface area (Å²) in [5, 5.41) is 3.71. The molecule has 2 aromatic rings. The summed E-state index contributed by atoms with van der Waals surface area (Å²) in [7, 11) is 0. The topological polar surface area (TPSA) is 94.3 Å². The molecule has 0 radical (unpaired) electrons. The smallest absolute Gasteiger partial charge is 0.263 e. The molecule has 1 aliphatic rings. The second-order valence-corrected chi connectivity index (χ2v) is 7.74. The lowest BCUT2D eigenvalue weighted by atomic mass is 9.89. The maximum absolute atomic E-state index is 13.0. The molecule has 2 heterocycles. The van der Waals surface area contributed by atoms with E-state index in [4.69, 9.17) is 10.5 Å². The Balaban J connectivity index is 1.64. The number of nitrogens with zero attached hydrogens (tertiary/aromatic N) is 1. The highest BCUT2D eigenvalue weighted by Crippen LogP contribution is 2.22. The minimum Gasteiger partial charge on any atom is -0.381 e. The van der Waals surface area contributed by atoms with Crippen LogP contribution in [0.25, 0.3) is 0 Å². The lowest BCUT2D eigenvalue weighted by molar-refractivity contribution is -0.118. The van der Waals surface area contributed by atoms with Gasteiger partial charge in [-0.15, -0.1) is 11.3 Å². The van der Waals surface area contributed by atoms with E-state index in [1.165, 1.54) is 29.7 Å². The van der Waals surface area contributed by atoms with Crippen molar-refractivity contribution in [2.75, 3.05) is 13.2 Å². The van der Waals surface area contributed by atoms with E-state index < -0.39 is 5.91 Å². The number of ether oxygens (including phenoxy) is 1. The Morgan fingerprint density at radius 2 is 2.00 bits per heavy atom. The fraction of sp³-hybridized carbons (Fsp3) is 0.421. The number of carbonyl (C=O) groups excluding carboxylic acids is 2. The average molecular weight is 391 g/mol. The molecule has 144 valence electrons. The predicted molar refractivity (Wildman–Crippen MR) is 99.9 cm³/mol. The van der Waals surface area contributed by atoms with Gasteiger partial charge in [-0.05, 0) is 36.5 Å². The molecule has 1 saturated heterocycles. The Kier molecular flexibility index (Phi) is 6.52. The first-order valence-corrected chi connectivity index (χ1v) is 9.69. The van der Waals surface area contributed by atoms with Crippen molar-refractivity contribution in [2.24, 2.45) is 11.7 Å². The summed E-state index contributed by atoms with van der Waals surface area (Å²) >= 11 is 1.29. The van der Waals surface area contributed by atoms with E-state index in [1.807, 2.05) is 0 Å². The van der Waals surface area contributed by atoms with E-state index in [-0.39, 0.29) is 30.1 Å². The molecule has 2 amide bonds. The van der Waals surface area contributed by atoms with Crippen LogP contribution in [0.4, 0.5) is 4.39 Å². The number of nitrogens with two attached hydrogens (primary N) is 1. The van der Waals surface area contributed by atoms with Gasteiger partial charge < -0.3 is 15.8 Å². The molecule has 8 heteroatoms. The molecule has 1 fully saturated rings. The fourth-order valence-electron chi connectivity index (χ4n) is 3.18. The Morgan fingerprint density at radius 3 is 2.67 bits per heavy atom. The van der Waals surface area contributed by atoms with Crippen LogP contribution in [0.5, 0.6) is 0 Å². The first-order valence-electron chi connectivity index (χ1n) is 8.87.